The molecular weight excluding hydrogens is 256 g/mol. The van der Waals surface area contributed by atoms with Gasteiger partial charge in [-0.2, -0.15) is 0 Å². The van der Waals surface area contributed by atoms with Gasteiger partial charge in [-0.05, 0) is 36.7 Å². The number of esters is 1. The zero-order valence-corrected chi connectivity index (χ0v) is 11.2. The molecule has 0 bridgehead atoms. The maximum atomic E-state index is 11.4. The zero-order chi connectivity index (χ0) is 14.4. The van der Waals surface area contributed by atoms with E-state index in [0.717, 1.165) is 12.0 Å². The number of methoxy groups -OCH3 is 1. The van der Waals surface area contributed by atoms with E-state index < -0.39 is 5.97 Å². The molecule has 0 saturated carbocycles. The van der Waals surface area contributed by atoms with Gasteiger partial charge in [0.15, 0.2) is 5.69 Å². The van der Waals surface area contributed by atoms with Crippen molar-refractivity contribution >= 4 is 5.97 Å². The number of ether oxygens (including phenoxy) is 2. The first-order valence-corrected chi connectivity index (χ1v) is 6.24. The highest BCUT2D eigenvalue weighted by Crippen LogP contribution is 2.22. The van der Waals surface area contributed by atoms with Gasteiger partial charge in [-0.25, -0.2) is 9.78 Å². The molecule has 0 radical (unpaired) electrons. The molecule has 2 rings (SSSR count). The Morgan fingerprint density at radius 2 is 1.95 bits per heavy atom. The van der Waals surface area contributed by atoms with E-state index >= 15 is 0 Å². The third-order valence-corrected chi connectivity index (χ3v) is 2.72. The summed E-state index contributed by atoms with van der Waals surface area (Å²) in [6.45, 7) is 0.618. The smallest absolute Gasteiger partial charge is 0.356 e. The van der Waals surface area contributed by atoms with Crippen LogP contribution in [-0.4, -0.2) is 24.6 Å². The van der Waals surface area contributed by atoms with Crippen molar-refractivity contribution in [2.24, 2.45) is 5.73 Å². The number of aromatic nitrogens is 1. The SMILES string of the molecule is COC(=O)c1cc(Oc2ccc(CCN)cc2)ccn1. The number of carbonyl (C=O) groups is 1. The maximum absolute atomic E-state index is 11.4. The summed E-state index contributed by atoms with van der Waals surface area (Å²) < 4.78 is 10.3. The minimum atomic E-state index is -0.492. The van der Waals surface area contributed by atoms with Crippen molar-refractivity contribution in [3.63, 3.8) is 0 Å². The fourth-order valence-electron chi connectivity index (χ4n) is 1.72. The van der Waals surface area contributed by atoms with E-state index in [9.17, 15) is 4.79 Å². The Morgan fingerprint density at radius 3 is 2.60 bits per heavy atom. The molecule has 5 heteroatoms. The van der Waals surface area contributed by atoms with E-state index in [2.05, 4.69) is 9.72 Å². The van der Waals surface area contributed by atoms with Crippen LogP contribution in [0.1, 0.15) is 16.1 Å². The molecule has 20 heavy (non-hydrogen) atoms. The van der Waals surface area contributed by atoms with E-state index in [-0.39, 0.29) is 5.69 Å². The van der Waals surface area contributed by atoms with Gasteiger partial charge in [-0.15, -0.1) is 0 Å². The molecule has 2 aromatic rings. The molecule has 0 aliphatic heterocycles. The van der Waals surface area contributed by atoms with E-state index in [0.29, 0.717) is 18.0 Å². The van der Waals surface area contributed by atoms with Gasteiger partial charge in [0.2, 0.25) is 0 Å². The highest BCUT2D eigenvalue weighted by atomic mass is 16.5. The highest BCUT2D eigenvalue weighted by Gasteiger charge is 2.08. The number of carbonyl (C=O) groups excluding carboxylic acids is 1. The summed E-state index contributed by atoms with van der Waals surface area (Å²) in [6, 6.07) is 10.9. The van der Waals surface area contributed by atoms with Crippen molar-refractivity contribution in [1.82, 2.24) is 4.98 Å². The average molecular weight is 272 g/mol. The van der Waals surface area contributed by atoms with E-state index in [1.165, 1.54) is 13.3 Å². The van der Waals surface area contributed by atoms with Crippen molar-refractivity contribution in [3.8, 4) is 11.5 Å². The molecule has 0 saturated heterocycles. The first-order valence-electron chi connectivity index (χ1n) is 6.24. The van der Waals surface area contributed by atoms with Crippen molar-refractivity contribution in [3.05, 3.63) is 53.9 Å². The molecule has 0 aliphatic rings. The highest BCUT2D eigenvalue weighted by molar-refractivity contribution is 5.87. The molecular formula is C15H16N2O3. The molecule has 0 fully saturated rings. The second-order valence-corrected chi connectivity index (χ2v) is 4.15. The van der Waals surface area contributed by atoms with Crippen LogP contribution in [0.5, 0.6) is 11.5 Å². The summed E-state index contributed by atoms with van der Waals surface area (Å²) >= 11 is 0. The predicted octanol–water partition coefficient (Wildman–Crippen LogP) is 2.16. The van der Waals surface area contributed by atoms with Gasteiger partial charge in [0.1, 0.15) is 11.5 Å². The van der Waals surface area contributed by atoms with Crippen molar-refractivity contribution in [2.45, 2.75) is 6.42 Å². The van der Waals surface area contributed by atoms with Crippen LogP contribution >= 0.6 is 0 Å². The number of nitrogens with zero attached hydrogens (tertiary/aromatic N) is 1. The summed E-state index contributed by atoms with van der Waals surface area (Å²) in [7, 11) is 1.31. The second kappa shape index (κ2) is 6.68. The molecule has 104 valence electrons. The Kier molecular flexibility index (Phi) is 4.68. The number of hydrogen-bond donors (Lipinski definition) is 1. The first-order chi connectivity index (χ1) is 9.72. The fourth-order valence-corrected chi connectivity index (χ4v) is 1.72. The number of hydrogen-bond acceptors (Lipinski definition) is 5. The van der Waals surface area contributed by atoms with Gasteiger partial charge in [0.25, 0.3) is 0 Å². The van der Waals surface area contributed by atoms with Gasteiger partial charge in [-0.1, -0.05) is 12.1 Å². The Bertz CT molecular complexity index is 582. The third kappa shape index (κ3) is 3.55. The van der Waals surface area contributed by atoms with Crippen LogP contribution in [0.2, 0.25) is 0 Å². The number of nitrogens with two attached hydrogens (primary N) is 1. The lowest BCUT2D eigenvalue weighted by Gasteiger charge is -2.07. The lowest BCUT2D eigenvalue weighted by atomic mass is 10.1. The summed E-state index contributed by atoms with van der Waals surface area (Å²) in [5, 5.41) is 0. The van der Waals surface area contributed by atoms with Crippen LogP contribution in [0.15, 0.2) is 42.6 Å². The standard InChI is InChI=1S/C15H16N2O3/c1-19-15(18)14-10-13(7-9-17-14)20-12-4-2-11(3-5-12)6-8-16/h2-5,7,9-10H,6,8,16H2,1H3. The quantitative estimate of drug-likeness (QED) is 0.844. The minimum Gasteiger partial charge on any atom is -0.464 e. The van der Waals surface area contributed by atoms with Crippen LogP contribution < -0.4 is 10.5 Å². The van der Waals surface area contributed by atoms with Crippen LogP contribution in [0.25, 0.3) is 0 Å². The Balaban J connectivity index is 2.11. The van der Waals surface area contributed by atoms with Crippen LogP contribution in [0.3, 0.4) is 0 Å². The largest absolute Gasteiger partial charge is 0.464 e. The normalized spacial score (nSPS) is 10.1. The van der Waals surface area contributed by atoms with Crippen LogP contribution in [0.4, 0.5) is 0 Å². The number of benzene rings is 1. The monoisotopic (exact) mass is 272 g/mol. The Labute approximate surface area is 117 Å². The van der Waals surface area contributed by atoms with E-state index in [1.54, 1.807) is 12.1 Å². The van der Waals surface area contributed by atoms with Crippen LogP contribution in [0, 0.1) is 0 Å². The Hall–Kier alpha value is -2.40. The molecule has 1 heterocycles. The van der Waals surface area contributed by atoms with Crippen molar-refractivity contribution < 1.29 is 14.3 Å². The van der Waals surface area contributed by atoms with Crippen molar-refractivity contribution in [1.29, 1.82) is 0 Å². The summed E-state index contributed by atoms with van der Waals surface area (Å²) in [4.78, 5) is 15.3. The lowest BCUT2D eigenvalue weighted by Crippen LogP contribution is -2.04. The van der Waals surface area contributed by atoms with Crippen molar-refractivity contribution in [2.75, 3.05) is 13.7 Å². The molecule has 0 amide bonds. The molecule has 0 aliphatic carbocycles. The predicted molar refractivity (Wildman–Crippen MR) is 74.9 cm³/mol. The Morgan fingerprint density at radius 1 is 1.20 bits per heavy atom. The maximum Gasteiger partial charge on any atom is 0.356 e. The number of rotatable bonds is 5. The van der Waals surface area contributed by atoms with Gasteiger partial charge < -0.3 is 15.2 Å². The lowest BCUT2D eigenvalue weighted by molar-refractivity contribution is 0.0593. The summed E-state index contributed by atoms with van der Waals surface area (Å²) in [5.41, 5.74) is 6.87. The molecule has 0 unspecified atom stereocenters. The third-order valence-electron chi connectivity index (χ3n) is 2.72. The molecule has 0 spiro atoms. The van der Waals surface area contributed by atoms with E-state index in [1.807, 2.05) is 24.3 Å². The number of pyridine rings is 1. The second-order valence-electron chi connectivity index (χ2n) is 4.15. The van der Waals surface area contributed by atoms with Gasteiger partial charge >= 0.3 is 5.97 Å². The van der Waals surface area contributed by atoms with Gasteiger partial charge in [0.05, 0.1) is 7.11 Å². The molecule has 5 nitrogen and oxygen atoms in total. The molecule has 1 aromatic heterocycles. The van der Waals surface area contributed by atoms with Gasteiger partial charge in [0, 0.05) is 12.3 Å². The topological polar surface area (TPSA) is 74.4 Å². The fraction of sp³-hybridized carbons (Fsp3) is 0.200. The summed E-state index contributed by atoms with van der Waals surface area (Å²) in [5.74, 6) is 0.730. The van der Waals surface area contributed by atoms with E-state index in [4.69, 9.17) is 10.5 Å². The van der Waals surface area contributed by atoms with Crippen LogP contribution in [-0.2, 0) is 11.2 Å². The first kappa shape index (κ1) is 14.0. The average Bonchev–Trinajstić information content (AvgIpc) is 2.49. The zero-order valence-electron chi connectivity index (χ0n) is 11.2. The molecule has 1 aromatic carbocycles. The minimum absolute atomic E-state index is 0.213. The molecule has 2 N–H and O–H groups in total. The van der Waals surface area contributed by atoms with Gasteiger partial charge in [-0.3, -0.25) is 0 Å². The summed E-state index contributed by atoms with van der Waals surface area (Å²) in [6.07, 6.45) is 2.34. The molecule has 0 atom stereocenters.